The summed E-state index contributed by atoms with van der Waals surface area (Å²) >= 11 is 0. The average Bonchev–Trinajstić information content (AvgIpc) is 2.36. The van der Waals surface area contributed by atoms with E-state index < -0.39 is 35.2 Å². The molecule has 0 atom stereocenters. The van der Waals surface area contributed by atoms with Crippen LogP contribution in [-0.2, 0) is 20.5 Å². The van der Waals surface area contributed by atoms with Crippen LogP contribution in [0.1, 0.15) is 18.9 Å². The number of hydrogen-bond donors (Lipinski definition) is 0. The molecule has 0 aliphatic carbocycles. The van der Waals surface area contributed by atoms with Gasteiger partial charge in [-0.1, -0.05) is 6.92 Å². The highest BCUT2D eigenvalue weighted by molar-refractivity contribution is 6.30. The Balaban J connectivity index is 2.84. The van der Waals surface area contributed by atoms with Gasteiger partial charge in [-0.05, 0) is 24.6 Å². The minimum atomic E-state index is -4.94. The van der Waals surface area contributed by atoms with E-state index in [1.807, 2.05) is 0 Å². The first-order chi connectivity index (χ1) is 9.25. The third-order valence-corrected chi connectivity index (χ3v) is 2.06. The smallest absolute Gasteiger partial charge is 0.422 e. The Morgan fingerprint density at radius 2 is 1.85 bits per heavy atom. The van der Waals surface area contributed by atoms with Crippen LogP contribution in [0.2, 0.25) is 0 Å². The lowest BCUT2D eigenvalue weighted by Crippen LogP contribution is -2.23. The lowest BCUT2D eigenvalue weighted by Gasteiger charge is -2.10. The van der Waals surface area contributed by atoms with Gasteiger partial charge in [0, 0.05) is 0 Å². The van der Waals surface area contributed by atoms with E-state index in [-0.39, 0.29) is 6.61 Å². The van der Waals surface area contributed by atoms with Crippen LogP contribution in [0, 0.1) is 5.82 Å². The van der Waals surface area contributed by atoms with Crippen molar-refractivity contribution in [2.75, 3.05) is 6.61 Å². The minimum absolute atomic E-state index is 0.0227. The fraction of sp³-hybridized carbons (Fsp3) is 0.333. The normalized spacial score (nSPS) is 11.1. The number of esters is 2. The molecule has 0 aliphatic rings. The largest absolute Gasteiger partial charge is 0.457 e. The van der Waals surface area contributed by atoms with Crippen molar-refractivity contribution in [3.8, 4) is 5.75 Å². The number of alkyl halides is 3. The van der Waals surface area contributed by atoms with E-state index >= 15 is 0 Å². The molecule has 20 heavy (non-hydrogen) atoms. The maximum atomic E-state index is 13.0. The summed E-state index contributed by atoms with van der Waals surface area (Å²) in [5, 5.41) is 0. The first-order valence-electron chi connectivity index (χ1n) is 5.51. The van der Waals surface area contributed by atoms with E-state index in [0.717, 1.165) is 6.07 Å². The van der Waals surface area contributed by atoms with Gasteiger partial charge in [-0.3, -0.25) is 0 Å². The highest BCUT2D eigenvalue weighted by Gasteiger charge is 2.34. The van der Waals surface area contributed by atoms with Crippen molar-refractivity contribution < 1.29 is 36.6 Å². The molecule has 0 saturated carbocycles. The molecule has 0 amide bonds. The van der Waals surface area contributed by atoms with Gasteiger partial charge in [-0.2, -0.15) is 13.2 Å². The lowest BCUT2D eigenvalue weighted by molar-refractivity contribution is -0.162. The summed E-state index contributed by atoms with van der Waals surface area (Å²) in [4.78, 5) is 22.3. The van der Waals surface area contributed by atoms with E-state index in [9.17, 15) is 27.2 Å². The fourth-order valence-corrected chi connectivity index (χ4v) is 1.19. The molecule has 0 N–H and O–H groups in total. The molecule has 1 aromatic rings. The van der Waals surface area contributed by atoms with Crippen molar-refractivity contribution in [2.45, 2.75) is 19.5 Å². The number of carbonyl (C=O) groups is 2. The Morgan fingerprint density at radius 3 is 2.40 bits per heavy atom. The van der Waals surface area contributed by atoms with Crippen LogP contribution in [0.15, 0.2) is 18.2 Å². The first kappa shape index (κ1) is 15.9. The van der Waals surface area contributed by atoms with E-state index in [0.29, 0.717) is 18.6 Å². The van der Waals surface area contributed by atoms with Crippen molar-refractivity contribution in [3.05, 3.63) is 29.6 Å². The predicted octanol–water partition coefficient (Wildman–Crippen LogP) is 2.70. The summed E-state index contributed by atoms with van der Waals surface area (Å²) in [5.41, 5.74) is -1.59. The van der Waals surface area contributed by atoms with Crippen molar-refractivity contribution >= 4 is 11.9 Å². The molecule has 4 nitrogen and oxygen atoms in total. The van der Waals surface area contributed by atoms with E-state index in [1.54, 1.807) is 6.92 Å². The maximum Gasteiger partial charge on any atom is 0.422 e. The van der Waals surface area contributed by atoms with Gasteiger partial charge in [0.1, 0.15) is 11.6 Å². The molecular formula is C12H10F4O4. The Hall–Kier alpha value is -2.12. The second-order valence-corrected chi connectivity index (χ2v) is 3.66. The zero-order chi connectivity index (χ0) is 15.3. The molecule has 0 fully saturated rings. The topological polar surface area (TPSA) is 52.6 Å². The van der Waals surface area contributed by atoms with Gasteiger partial charge in [0.05, 0.1) is 12.2 Å². The number of benzene rings is 1. The number of hydrogen-bond acceptors (Lipinski definition) is 4. The maximum absolute atomic E-state index is 13.0. The molecule has 0 spiro atoms. The standard InChI is InChI=1S/C12H10F4O4/c1-2-5-19-10(17)11(18)20-7-3-4-9(13)8(6-7)12(14,15)16/h3-4,6H,2,5H2,1H3. The second kappa shape index (κ2) is 6.36. The van der Waals surface area contributed by atoms with Gasteiger partial charge >= 0.3 is 18.1 Å². The molecule has 0 aromatic heterocycles. The van der Waals surface area contributed by atoms with Crippen molar-refractivity contribution in [3.63, 3.8) is 0 Å². The summed E-state index contributed by atoms with van der Waals surface area (Å²) in [6, 6.07) is 1.58. The Bertz CT molecular complexity index is 511. The monoisotopic (exact) mass is 294 g/mol. The number of ether oxygens (including phenoxy) is 2. The first-order valence-corrected chi connectivity index (χ1v) is 5.51. The quantitative estimate of drug-likeness (QED) is 0.372. The zero-order valence-electron chi connectivity index (χ0n) is 10.3. The SMILES string of the molecule is CCCOC(=O)C(=O)Oc1ccc(F)c(C(F)(F)F)c1. The van der Waals surface area contributed by atoms with Crippen LogP contribution in [0.25, 0.3) is 0 Å². The van der Waals surface area contributed by atoms with Crippen LogP contribution >= 0.6 is 0 Å². The van der Waals surface area contributed by atoms with Gasteiger partial charge in [-0.25, -0.2) is 14.0 Å². The molecule has 0 unspecified atom stereocenters. The molecule has 8 heteroatoms. The van der Waals surface area contributed by atoms with Crippen LogP contribution in [0.3, 0.4) is 0 Å². The summed E-state index contributed by atoms with van der Waals surface area (Å²) in [7, 11) is 0. The Morgan fingerprint density at radius 1 is 1.20 bits per heavy atom. The number of carbonyl (C=O) groups excluding carboxylic acids is 2. The Labute approximate surface area is 111 Å². The summed E-state index contributed by atoms with van der Waals surface area (Å²) in [6.45, 7) is 1.67. The molecule has 1 rings (SSSR count). The lowest BCUT2D eigenvalue weighted by atomic mass is 10.2. The summed E-state index contributed by atoms with van der Waals surface area (Å²) in [6.07, 6.45) is -4.47. The van der Waals surface area contributed by atoms with Crippen LogP contribution in [-0.4, -0.2) is 18.5 Å². The van der Waals surface area contributed by atoms with Crippen molar-refractivity contribution in [1.29, 1.82) is 0 Å². The van der Waals surface area contributed by atoms with Crippen molar-refractivity contribution in [1.82, 2.24) is 0 Å². The predicted molar refractivity (Wildman–Crippen MR) is 58.3 cm³/mol. The second-order valence-electron chi connectivity index (χ2n) is 3.66. The van der Waals surface area contributed by atoms with E-state index in [1.165, 1.54) is 0 Å². The average molecular weight is 294 g/mol. The molecule has 0 radical (unpaired) electrons. The zero-order valence-corrected chi connectivity index (χ0v) is 10.3. The molecule has 110 valence electrons. The fourth-order valence-electron chi connectivity index (χ4n) is 1.19. The molecule has 0 bridgehead atoms. The third kappa shape index (κ3) is 4.22. The molecule has 0 saturated heterocycles. The van der Waals surface area contributed by atoms with Gasteiger partial charge in [0.2, 0.25) is 0 Å². The van der Waals surface area contributed by atoms with Gasteiger partial charge in [-0.15, -0.1) is 0 Å². The van der Waals surface area contributed by atoms with Crippen LogP contribution in [0.4, 0.5) is 17.6 Å². The van der Waals surface area contributed by atoms with E-state index in [2.05, 4.69) is 9.47 Å². The number of rotatable bonds is 3. The van der Waals surface area contributed by atoms with E-state index in [4.69, 9.17) is 0 Å². The van der Waals surface area contributed by atoms with Crippen LogP contribution in [0.5, 0.6) is 5.75 Å². The van der Waals surface area contributed by atoms with Crippen molar-refractivity contribution in [2.24, 2.45) is 0 Å². The highest BCUT2D eigenvalue weighted by atomic mass is 19.4. The summed E-state index contributed by atoms with van der Waals surface area (Å²) < 4.78 is 59.1. The van der Waals surface area contributed by atoms with Gasteiger partial charge in [0.25, 0.3) is 0 Å². The third-order valence-electron chi connectivity index (χ3n) is 2.06. The summed E-state index contributed by atoms with van der Waals surface area (Å²) in [5.74, 6) is -4.91. The Kier molecular flexibility index (Phi) is 5.06. The van der Waals surface area contributed by atoms with Gasteiger partial charge < -0.3 is 9.47 Å². The highest BCUT2D eigenvalue weighted by Crippen LogP contribution is 2.33. The molecular weight excluding hydrogens is 284 g/mol. The van der Waals surface area contributed by atoms with Gasteiger partial charge in [0.15, 0.2) is 0 Å². The van der Waals surface area contributed by atoms with Crippen LogP contribution < -0.4 is 4.74 Å². The number of halogens is 4. The molecule has 1 aromatic carbocycles. The minimum Gasteiger partial charge on any atom is -0.457 e. The molecule has 0 heterocycles. The molecule has 0 aliphatic heterocycles.